The predicted octanol–water partition coefficient (Wildman–Crippen LogP) is 2.35. The van der Waals surface area contributed by atoms with Gasteiger partial charge in [-0.25, -0.2) is 0 Å². The van der Waals surface area contributed by atoms with Gasteiger partial charge in [-0.1, -0.05) is 23.2 Å². The van der Waals surface area contributed by atoms with Gasteiger partial charge in [0.2, 0.25) is 5.78 Å². The lowest BCUT2D eigenvalue weighted by atomic mass is 10.1. The van der Waals surface area contributed by atoms with E-state index in [1.165, 1.54) is 0 Å². The highest BCUT2D eigenvalue weighted by Gasteiger charge is 2.34. The highest BCUT2D eigenvalue weighted by Crippen LogP contribution is 2.23. The van der Waals surface area contributed by atoms with Crippen molar-refractivity contribution in [3.8, 4) is 0 Å². The van der Waals surface area contributed by atoms with Crippen molar-refractivity contribution in [1.29, 1.82) is 0 Å². The molecule has 1 aromatic carbocycles. The minimum absolute atomic E-state index is 0.0772. The third-order valence-corrected chi connectivity index (χ3v) is 3.80. The molecule has 0 bridgehead atoms. The molecule has 2 rings (SSSR count). The molecule has 4 nitrogen and oxygen atoms in total. The second-order valence-electron chi connectivity index (χ2n) is 4.92. The summed E-state index contributed by atoms with van der Waals surface area (Å²) in [6, 6.07) is 4.87. The molecule has 0 N–H and O–H groups in total. The zero-order valence-corrected chi connectivity index (χ0v) is 12.5. The summed E-state index contributed by atoms with van der Waals surface area (Å²) in [5, 5.41) is 1.13. The molecule has 2 atom stereocenters. The molecule has 1 aliphatic heterocycles. The van der Waals surface area contributed by atoms with Crippen molar-refractivity contribution in [3.63, 3.8) is 0 Å². The second-order valence-corrected chi connectivity index (χ2v) is 5.79. The molecule has 1 aromatic rings. The highest BCUT2D eigenvalue weighted by molar-refractivity contribution is 6.34. The maximum Gasteiger partial charge on any atom is 0.212 e. The van der Waals surface area contributed by atoms with E-state index in [-0.39, 0.29) is 12.1 Å². The van der Waals surface area contributed by atoms with E-state index in [9.17, 15) is 9.59 Å². The van der Waals surface area contributed by atoms with Crippen LogP contribution in [0.15, 0.2) is 18.2 Å². The van der Waals surface area contributed by atoms with Gasteiger partial charge in [-0.05, 0) is 37.2 Å². The lowest BCUT2D eigenvalue weighted by Crippen LogP contribution is -2.33. The number of carbonyl (C=O) groups excluding carboxylic acids is 2. The van der Waals surface area contributed by atoms with Crippen LogP contribution >= 0.6 is 23.2 Å². The smallest absolute Gasteiger partial charge is 0.212 e. The van der Waals surface area contributed by atoms with Crippen LogP contribution in [0.2, 0.25) is 10.0 Å². The molecule has 0 radical (unpaired) electrons. The molecule has 1 aliphatic rings. The van der Waals surface area contributed by atoms with Crippen LogP contribution in [0.3, 0.4) is 0 Å². The maximum absolute atomic E-state index is 11.4. The minimum Gasteiger partial charge on any atom is -0.372 e. The third-order valence-electron chi connectivity index (χ3n) is 3.36. The molecule has 1 saturated heterocycles. The zero-order valence-electron chi connectivity index (χ0n) is 11.0. The third kappa shape index (κ3) is 3.79. The Labute approximate surface area is 127 Å². The van der Waals surface area contributed by atoms with E-state index in [1.54, 1.807) is 18.2 Å². The van der Waals surface area contributed by atoms with Crippen molar-refractivity contribution in [1.82, 2.24) is 4.90 Å². The predicted molar refractivity (Wildman–Crippen MR) is 77.1 cm³/mol. The lowest BCUT2D eigenvalue weighted by Gasteiger charge is -2.14. The number of halogens is 2. The number of carbonyl (C=O) groups is 2. The molecular weight excluding hydrogens is 301 g/mol. The van der Waals surface area contributed by atoms with E-state index in [0.717, 1.165) is 5.56 Å². The number of hydrogen-bond acceptors (Lipinski definition) is 4. The fraction of sp³-hybridized carbons (Fsp3) is 0.429. The number of rotatable bonds is 5. The van der Waals surface area contributed by atoms with Crippen LogP contribution in [0.25, 0.3) is 0 Å². The first-order chi connectivity index (χ1) is 9.49. The van der Waals surface area contributed by atoms with E-state index in [1.807, 2.05) is 11.9 Å². The minimum atomic E-state index is -0.399. The largest absolute Gasteiger partial charge is 0.372 e. The van der Waals surface area contributed by atoms with Gasteiger partial charge >= 0.3 is 0 Å². The van der Waals surface area contributed by atoms with Crippen molar-refractivity contribution in [2.24, 2.45) is 0 Å². The van der Waals surface area contributed by atoms with Gasteiger partial charge in [-0.2, -0.15) is 0 Å². The quantitative estimate of drug-likeness (QED) is 0.618. The topological polar surface area (TPSA) is 46.6 Å². The Kier molecular flexibility index (Phi) is 5.16. The number of benzene rings is 1. The van der Waals surface area contributed by atoms with Crippen molar-refractivity contribution >= 4 is 35.3 Å². The van der Waals surface area contributed by atoms with Crippen molar-refractivity contribution in [2.45, 2.75) is 25.2 Å². The van der Waals surface area contributed by atoms with Gasteiger partial charge in [0, 0.05) is 16.6 Å². The molecule has 1 fully saturated rings. The average Bonchev–Trinajstić information content (AvgIpc) is 2.76. The molecule has 0 aliphatic carbocycles. The Hall–Kier alpha value is -0.940. The van der Waals surface area contributed by atoms with Gasteiger partial charge in [-0.3, -0.25) is 14.5 Å². The normalized spacial score (nSPS) is 22.9. The summed E-state index contributed by atoms with van der Waals surface area (Å²) in [6.45, 7) is 0.999. The average molecular weight is 316 g/mol. The van der Waals surface area contributed by atoms with E-state index in [4.69, 9.17) is 27.9 Å². The van der Waals surface area contributed by atoms with Crippen molar-refractivity contribution in [2.75, 3.05) is 13.6 Å². The van der Waals surface area contributed by atoms with E-state index in [2.05, 4.69) is 0 Å². The van der Waals surface area contributed by atoms with E-state index >= 15 is 0 Å². The summed E-state index contributed by atoms with van der Waals surface area (Å²) in [5.41, 5.74) is 0.885. The van der Waals surface area contributed by atoms with Gasteiger partial charge < -0.3 is 4.74 Å². The van der Waals surface area contributed by atoms with E-state index < -0.39 is 5.78 Å². The maximum atomic E-state index is 11.4. The van der Waals surface area contributed by atoms with E-state index in [0.29, 0.717) is 35.9 Å². The second kappa shape index (κ2) is 6.68. The van der Waals surface area contributed by atoms with Crippen LogP contribution in [0, 0.1) is 0 Å². The fourth-order valence-corrected chi connectivity index (χ4v) is 2.96. The van der Waals surface area contributed by atoms with Crippen LogP contribution in [0.4, 0.5) is 0 Å². The molecule has 6 heteroatoms. The fourth-order valence-electron chi connectivity index (χ4n) is 2.39. The summed E-state index contributed by atoms with van der Waals surface area (Å²) < 4.78 is 5.77. The molecular formula is C14H15Cl2NO3. The zero-order chi connectivity index (χ0) is 14.7. The molecule has 1 heterocycles. The van der Waals surface area contributed by atoms with Gasteiger partial charge in [-0.15, -0.1) is 0 Å². The number of likely N-dealkylation sites (N-methyl/N-ethyl adjacent to an activating group) is 1. The highest BCUT2D eigenvalue weighted by atomic mass is 35.5. The first-order valence-electron chi connectivity index (χ1n) is 6.25. The Morgan fingerprint density at radius 3 is 2.65 bits per heavy atom. The summed E-state index contributed by atoms with van der Waals surface area (Å²) >= 11 is 11.8. The number of aldehydes is 1. The molecule has 0 aromatic heterocycles. The molecule has 2 unspecified atom stereocenters. The van der Waals surface area contributed by atoms with Crippen LogP contribution in [0.1, 0.15) is 12.0 Å². The van der Waals surface area contributed by atoms with Crippen LogP contribution in [-0.4, -0.2) is 42.7 Å². The Bertz CT molecular complexity index is 501. The number of nitrogens with zero attached hydrogens (tertiary/aromatic N) is 1. The van der Waals surface area contributed by atoms with Crippen LogP contribution in [0.5, 0.6) is 0 Å². The van der Waals surface area contributed by atoms with Gasteiger partial charge in [0.25, 0.3) is 0 Å². The Morgan fingerprint density at radius 2 is 2.05 bits per heavy atom. The van der Waals surface area contributed by atoms with Gasteiger partial charge in [0.05, 0.1) is 18.8 Å². The van der Waals surface area contributed by atoms with Gasteiger partial charge in [0.1, 0.15) is 0 Å². The Morgan fingerprint density at radius 1 is 1.40 bits per heavy atom. The van der Waals surface area contributed by atoms with Crippen LogP contribution in [-0.2, 0) is 20.9 Å². The molecule has 0 amide bonds. The molecule has 108 valence electrons. The lowest BCUT2D eigenvalue weighted by molar-refractivity contribution is -0.132. The number of hydrogen-bond donors (Lipinski definition) is 0. The summed E-state index contributed by atoms with van der Waals surface area (Å²) in [6.07, 6.45) is 0.828. The number of likely N-dealkylation sites (tertiary alicyclic amines) is 1. The first-order valence-corrected chi connectivity index (χ1v) is 7.01. The first kappa shape index (κ1) is 15.4. The number of ketones is 1. The van der Waals surface area contributed by atoms with Gasteiger partial charge in [0.15, 0.2) is 6.29 Å². The summed E-state index contributed by atoms with van der Waals surface area (Å²) in [4.78, 5) is 23.8. The number of Topliss-reactive ketones (excluding diaryl/α,β-unsaturated/α-hetero) is 1. The van der Waals surface area contributed by atoms with Crippen LogP contribution < -0.4 is 0 Å². The Balaban J connectivity index is 1.92. The van der Waals surface area contributed by atoms with Crippen molar-refractivity contribution in [3.05, 3.63) is 33.8 Å². The summed E-state index contributed by atoms with van der Waals surface area (Å²) in [7, 11) is 1.81. The standard InChI is InChI=1S/C14H15Cl2NO3/c1-17-6-12(5-13(17)14(19)7-18)20-8-9-2-10(15)4-11(16)3-9/h2-4,7,12-13H,5-6,8H2,1H3. The molecule has 0 spiro atoms. The molecule has 20 heavy (non-hydrogen) atoms. The summed E-state index contributed by atoms with van der Waals surface area (Å²) in [5.74, 6) is -0.399. The SMILES string of the molecule is CN1CC(OCc2cc(Cl)cc(Cl)c2)CC1C(=O)C=O. The van der Waals surface area contributed by atoms with Crippen molar-refractivity contribution < 1.29 is 14.3 Å². The monoisotopic (exact) mass is 315 g/mol. The number of ether oxygens (including phenoxy) is 1. The molecule has 0 saturated carbocycles.